The molecule has 2 rings (SSSR count). The van der Waals surface area contributed by atoms with Gasteiger partial charge in [-0.3, -0.25) is 0 Å². The van der Waals surface area contributed by atoms with E-state index in [2.05, 4.69) is 52.8 Å². The smallest absolute Gasteiger partial charge is 0.225 e. The molecular weight excluding hydrogens is 244 g/mol. The highest BCUT2D eigenvalue weighted by molar-refractivity contribution is 7.16. The number of hydrogen-bond acceptors (Lipinski definition) is 5. The number of thiophene rings is 1. The molecule has 0 amide bonds. The van der Waals surface area contributed by atoms with Gasteiger partial charge in [-0.25, -0.2) is 4.98 Å². The number of hydrogen-bond donors (Lipinski definition) is 2. The van der Waals surface area contributed by atoms with Crippen molar-refractivity contribution in [3.63, 3.8) is 0 Å². The van der Waals surface area contributed by atoms with Crippen LogP contribution in [0.15, 0.2) is 11.4 Å². The molecule has 4 nitrogen and oxygen atoms in total. The van der Waals surface area contributed by atoms with Gasteiger partial charge in [0.25, 0.3) is 0 Å². The molecule has 18 heavy (non-hydrogen) atoms. The average molecular weight is 264 g/mol. The van der Waals surface area contributed by atoms with Crippen molar-refractivity contribution >= 4 is 33.3 Å². The third-order valence-corrected chi connectivity index (χ3v) is 4.08. The first-order chi connectivity index (χ1) is 8.61. The molecule has 0 aliphatic heterocycles. The maximum atomic E-state index is 4.50. The first kappa shape index (κ1) is 13.1. The molecule has 0 bridgehead atoms. The SMILES string of the molecule is CNc1nc(NCC(C)C(C)C)c2ccsc2n1. The first-order valence-electron chi connectivity index (χ1n) is 6.28. The predicted molar refractivity (Wildman–Crippen MR) is 79.5 cm³/mol. The summed E-state index contributed by atoms with van der Waals surface area (Å²) in [5.41, 5.74) is 0. The van der Waals surface area contributed by atoms with Crippen molar-refractivity contribution in [3.8, 4) is 0 Å². The average Bonchev–Trinajstić information content (AvgIpc) is 2.83. The van der Waals surface area contributed by atoms with E-state index < -0.39 is 0 Å². The van der Waals surface area contributed by atoms with Crippen molar-refractivity contribution in [2.75, 3.05) is 24.2 Å². The summed E-state index contributed by atoms with van der Waals surface area (Å²) in [5, 5.41) is 9.61. The number of anilines is 2. The Kier molecular flexibility index (Phi) is 4.01. The van der Waals surface area contributed by atoms with E-state index in [1.165, 1.54) is 0 Å². The van der Waals surface area contributed by atoms with Crippen LogP contribution in [0.2, 0.25) is 0 Å². The van der Waals surface area contributed by atoms with Crippen LogP contribution in [0.3, 0.4) is 0 Å². The lowest BCUT2D eigenvalue weighted by molar-refractivity contribution is 0.439. The van der Waals surface area contributed by atoms with Crippen molar-refractivity contribution in [2.24, 2.45) is 11.8 Å². The number of fused-ring (bicyclic) bond motifs is 1. The van der Waals surface area contributed by atoms with Crippen molar-refractivity contribution in [1.82, 2.24) is 9.97 Å². The van der Waals surface area contributed by atoms with E-state index in [4.69, 9.17) is 0 Å². The van der Waals surface area contributed by atoms with E-state index in [-0.39, 0.29) is 0 Å². The highest BCUT2D eigenvalue weighted by Crippen LogP contribution is 2.26. The molecule has 1 unspecified atom stereocenters. The van der Waals surface area contributed by atoms with Gasteiger partial charge in [-0.15, -0.1) is 11.3 Å². The largest absolute Gasteiger partial charge is 0.369 e. The standard InChI is InChI=1S/C13H20N4S/c1-8(2)9(3)7-15-11-10-5-6-18-12(10)17-13(14-4)16-11/h5-6,8-9H,7H2,1-4H3,(H2,14,15,16,17). The lowest BCUT2D eigenvalue weighted by Gasteiger charge is -2.17. The molecule has 1 atom stereocenters. The lowest BCUT2D eigenvalue weighted by atomic mass is 9.98. The van der Waals surface area contributed by atoms with Crippen molar-refractivity contribution < 1.29 is 0 Å². The fourth-order valence-electron chi connectivity index (χ4n) is 1.60. The molecule has 2 heterocycles. The summed E-state index contributed by atoms with van der Waals surface area (Å²) in [7, 11) is 1.84. The van der Waals surface area contributed by atoms with Crippen molar-refractivity contribution in [1.29, 1.82) is 0 Å². The summed E-state index contributed by atoms with van der Waals surface area (Å²) in [4.78, 5) is 9.95. The maximum Gasteiger partial charge on any atom is 0.225 e. The van der Waals surface area contributed by atoms with E-state index in [1.807, 2.05) is 7.05 Å². The zero-order valence-corrected chi connectivity index (χ0v) is 12.1. The van der Waals surface area contributed by atoms with Crippen molar-refractivity contribution in [3.05, 3.63) is 11.4 Å². The molecule has 2 N–H and O–H groups in total. The van der Waals surface area contributed by atoms with Gasteiger partial charge >= 0.3 is 0 Å². The molecule has 0 saturated heterocycles. The van der Waals surface area contributed by atoms with Crippen LogP contribution >= 0.6 is 11.3 Å². The molecule has 2 aromatic heterocycles. The number of nitrogens with zero attached hydrogens (tertiary/aromatic N) is 2. The van der Waals surface area contributed by atoms with Crippen LogP contribution in [0.5, 0.6) is 0 Å². The van der Waals surface area contributed by atoms with Crippen LogP contribution in [0, 0.1) is 11.8 Å². The number of rotatable bonds is 5. The molecular formula is C13H20N4S. The summed E-state index contributed by atoms with van der Waals surface area (Å²) in [5.74, 6) is 2.88. The predicted octanol–water partition coefficient (Wildman–Crippen LogP) is 3.44. The number of nitrogens with one attached hydrogen (secondary N) is 2. The van der Waals surface area contributed by atoms with Gasteiger partial charge in [-0.1, -0.05) is 20.8 Å². The Morgan fingerprint density at radius 3 is 2.72 bits per heavy atom. The van der Waals surface area contributed by atoms with Gasteiger partial charge in [0.15, 0.2) is 0 Å². The Labute approximate surface area is 112 Å². The van der Waals surface area contributed by atoms with Crippen LogP contribution in [0.4, 0.5) is 11.8 Å². The minimum Gasteiger partial charge on any atom is -0.369 e. The van der Waals surface area contributed by atoms with E-state index in [9.17, 15) is 0 Å². The van der Waals surface area contributed by atoms with Crippen molar-refractivity contribution in [2.45, 2.75) is 20.8 Å². The summed E-state index contributed by atoms with van der Waals surface area (Å²) in [6, 6.07) is 2.07. The highest BCUT2D eigenvalue weighted by atomic mass is 32.1. The van der Waals surface area contributed by atoms with Gasteiger partial charge in [0.05, 0.1) is 5.39 Å². The summed E-state index contributed by atoms with van der Waals surface area (Å²) >= 11 is 1.64. The molecule has 0 radical (unpaired) electrons. The quantitative estimate of drug-likeness (QED) is 0.868. The Bertz CT molecular complexity index is 521. The zero-order valence-electron chi connectivity index (χ0n) is 11.3. The molecule has 0 aromatic carbocycles. The van der Waals surface area contributed by atoms with E-state index in [1.54, 1.807) is 11.3 Å². The molecule has 0 saturated carbocycles. The zero-order chi connectivity index (χ0) is 13.1. The normalized spacial score (nSPS) is 12.9. The van der Waals surface area contributed by atoms with Crippen LogP contribution in [0.1, 0.15) is 20.8 Å². The van der Waals surface area contributed by atoms with Gasteiger partial charge in [0, 0.05) is 13.6 Å². The van der Waals surface area contributed by atoms with Crippen LogP contribution in [-0.4, -0.2) is 23.6 Å². The van der Waals surface area contributed by atoms with E-state index in [0.717, 1.165) is 22.6 Å². The second kappa shape index (κ2) is 5.52. The number of aromatic nitrogens is 2. The Balaban J connectivity index is 2.23. The van der Waals surface area contributed by atoms with Crippen LogP contribution in [-0.2, 0) is 0 Å². The van der Waals surface area contributed by atoms with E-state index in [0.29, 0.717) is 17.8 Å². The van der Waals surface area contributed by atoms with Gasteiger partial charge in [0.1, 0.15) is 10.6 Å². The topological polar surface area (TPSA) is 49.8 Å². The molecule has 0 aliphatic carbocycles. The van der Waals surface area contributed by atoms with Gasteiger partial charge in [-0.2, -0.15) is 4.98 Å². The first-order valence-corrected chi connectivity index (χ1v) is 7.16. The highest BCUT2D eigenvalue weighted by Gasteiger charge is 2.11. The maximum absolute atomic E-state index is 4.50. The monoisotopic (exact) mass is 264 g/mol. The lowest BCUT2D eigenvalue weighted by Crippen LogP contribution is -2.17. The molecule has 2 aromatic rings. The molecule has 0 aliphatic rings. The van der Waals surface area contributed by atoms with Crippen LogP contribution < -0.4 is 10.6 Å². The fraction of sp³-hybridized carbons (Fsp3) is 0.538. The minimum atomic E-state index is 0.617. The summed E-state index contributed by atoms with van der Waals surface area (Å²) < 4.78 is 0. The third-order valence-electron chi connectivity index (χ3n) is 3.28. The fourth-order valence-corrected chi connectivity index (χ4v) is 2.36. The van der Waals surface area contributed by atoms with Gasteiger partial charge < -0.3 is 10.6 Å². The summed E-state index contributed by atoms with van der Waals surface area (Å²) in [6.07, 6.45) is 0. The van der Waals surface area contributed by atoms with E-state index >= 15 is 0 Å². The molecule has 0 spiro atoms. The molecule has 5 heteroatoms. The second-order valence-corrected chi connectivity index (χ2v) is 5.78. The van der Waals surface area contributed by atoms with Gasteiger partial charge in [0.2, 0.25) is 5.95 Å². The molecule has 0 fully saturated rings. The second-order valence-electron chi connectivity index (χ2n) is 4.89. The Morgan fingerprint density at radius 2 is 2.06 bits per heavy atom. The van der Waals surface area contributed by atoms with Gasteiger partial charge in [-0.05, 0) is 23.3 Å². The minimum absolute atomic E-state index is 0.617. The Morgan fingerprint density at radius 1 is 1.28 bits per heavy atom. The Hall–Kier alpha value is -1.36. The van der Waals surface area contributed by atoms with Crippen LogP contribution in [0.25, 0.3) is 10.2 Å². The summed E-state index contributed by atoms with van der Waals surface area (Å²) in [6.45, 7) is 7.67. The molecule has 98 valence electrons. The third kappa shape index (κ3) is 2.72.